The molecular formula is C28H40N2O. The molecule has 2 saturated carbocycles. The average molecular weight is 421 g/mol. The lowest BCUT2D eigenvalue weighted by molar-refractivity contribution is -0.0883. The minimum atomic E-state index is 0.172. The van der Waals surface area contributed by atoms with Crippen LogP contribution in [0.5, 0.6) is 0 Å². The van der Waals surface area contributed by atoms with Gasteiger partial charge in [-0.15, -0.1) is 0 Å². The first-order chi connectivity index (χ1) is 15.3. The molecule has 2 aromatic carbocycles. The molecule has 3 nitrogen and oxygen atoms in total. The first kappa shape index (κ1) is 22.5. The summed E-state index contributed by atoms with van der Waals surface area (Å²) in [6.07, 6.45) is 10.3. The Kier molecular flexibility index (Phi) is 8.18. The molecule has 0 spiro atoms. The first-order valence-electron chi connectivity index (χ1n) is 12.4. The summed E-state index contributed by atoms with van der Waals surface area (Å²) in [5, 5.41) is 6.97. The van der Waals surface area contributed by atoms with Crippen molar-refractivity contribution in [1.82, 2.24) is 10.6 Å². The second kappa shape index (κ2) is 11.3. The third kappa shape index (κ3) is 5.77. The van der Waals surface area contributed by atoms with E-state index in [1.165, 1.54) is 62.5 Å². The monoisotopic (exact) mass is 420 g/mol. The van der Waals surface area contributed by atoms with Crippen LogP contribution >= 0.6 is 0 Å². The van der Waals surface area contributed by atoms with Crippen molar-refractivity contribution in [3.63, 3.8) is 0 Å². The molecule has 0 aromatic heterocycles. The van der Waals surface area contributed by atoms with Crippen LogP contribution in [-0.4, -0.2) is 26.2 Å². The van der Waals surface area contributed by atoms with E-state index in [4.69, 9.17) is 4.74 Å². The average Bonchev–Trinajstić information content (AvgIpc) is 2.86. The quantitative estimate of drug-likeness (QED) is 0.546. The van der Waals surface area contributed by atoms with E-state index in [9.17, 15) is 0 Å². The summed E-state index contributed by atoms with van der Waals surface area (Å²) in [6.45, 7) is 0. The maximum atomic E-state index is 7.20. The first-order valence-corrected chi connectivity index (χ1v) is 12.4. The molecule has 0 bridgehead atoms. The second-order valence-corrected chi connectivity index (χ2v) is 9.60. The Labute approximate surface area is 189 Å². The SMILES string of the molecule is CNC1CCC(C(OC(c2ccccc2)C2CCC(NC)CC2)c2ccccc2)CC1. The largest absolute Gasteiger partial charge is 0.365 e. The van der Waals surface area contributed by atoms with Crippen LogP contribution < -0.4 is 10.6 Å². The van der Waals surface area contributed by atoms with Crippen LogP contribution in [-0.2, 0) is 4.74 Å². The van der Waals surface area contributed by atoms with Gasteiger partial charge >= 0.3 is 0 Å². The summed E-state index contributed by atoms with van der Waals surface area (Å²) in [7, 11) is 4.20. The zero-order valence-corrected chi connectivity index (χ0v) is 19.3. The van der Waals surface area contributed by atoms with Crippen LogP contribution in [0.25, 0.3) is 0 Å². The summed E-state index contributed by atoms with van der Waals surface area (Å²) < 4.78 is 7.20. The van der Waals surface area contributed by atoms with Gasteiger partial charge in [0.05, 0.1) is 12.2 Å². The highest BCUT2D eigenvalue weighted by atomic mass is 16.5. The van der Waals surface area contributed by atoms with E-state index < -0.39 is 0 Å². The van der Waals surface area contributed by atoms with Crippen LogP contribution in [0, 0.1) is 11.8 Å². The van der Waals surface area contributed by atoms with E-state index in [2.05, 4.69) is 85.4 Å². The molecule has 0 radical (unpaired) electrons. The minimum Gasteiger partial charge on any atom is -0.365 e. The predicted octanol–water partition coefficient (Wildman–Crippen LogP) is 6.04. The highest BCUT2D eigenvalue weighted by Gasteiger charge is 2.35. The van der Waals surface area contributed by atoms with Crippen LogP contribution in [0.1, 0.15) is 74.7 Å². The Hall–Kier alpha value is -1.68. The number of benzene rings is 2. The maximum absolute atomic E-state index is 7.20. The smallest absolute Gasteiger partial charge is 0.0861 e. The van der Waals surface area contributed by atoms with Gasteiger partial charge in [-0.05, 0) is 88.4 Å². The molecule has 0 aliphatic heterocycles. The summed E-state index contributed by atoms with van der Waals surface area (Å²) in [5.41, 5.74) is 2.69. The van der Waals surface area contributed by atoms with Gasteiger partial charge in [-0.3, -0.25) is 0 Å². The van der Waals surface area contributed by atoms with Crippen molar-refractivity contribution in [2.45, 2.75) is 75.7 Å². The highest BCUT2D eigenvalue weighted by Crippen LogP contribution is 2.44. The van der Waals surface area contributed by atoms with Crippen molar-refractivity contribution in [1.29, 1.82) is 0 Å². The molecule has 2 aliphatic rings. The summed E-state index contributed by atoms with van der Waals surface area (Å²) in [4.78, 5) is 0. The van der Waals surface area contributed by atoms with Gasteiger partial charge in [-0.25, -0.2) is 0 Å². The van der Waals surface area contributed by atoms with Gasteiger partial charge in [-0.1, -0.05) is 60.7 Å². The summed E-state index contributed by atoms with van der Waals surface area (Å²) >= 11 is 0. The van der Waals surface area contributed by atoms with Crippen molar-refractivity contribution >= 4 is 0 Å². The molecule has 31 heavy (non-hydrogen) atoms. The molecule has 168 valence electrons. The number of hydrogen-bond donors (Lipinski definition) is 2. The zero-order chi connectivity index (χ0) is 21.5. The molecule has 0 amide bonds. The number of rotatable bonds is 8. The van der Waals surface area contributed by atoms with Crippen molar-refractivity contribution in [2.24, 2.45) is 11.8 Å². The van der Waals surface area contributed by atoms with E-state index in [1.54, 1.807) is 0 Å². The normalized spacial score (nSPS) is 28.7. The number of nitrogens with one attached hydrogen (secondary N) is 2. The standard InChI is InChI=1S/C28H40N2O/c1-29-25-17-13-23(14-18-25)27(21-9-5-3-6-10-21)31-28(22-11-7-4-8-12-22)24-15-19-26(30-2)20-16-24/h3-12,23-30H,13-20H2,1-2H3. The molecule has 2 atom stereocenters. The number of ether oxygens (including phenoxy) is 1. The van der Waals surface area contributed by atoms with Gasteiger partial charge in [0.25, 0.3) is 0 Å². The Morgan fingerprint density at radius 1 is 0.581 bits per heavy atom. The lowest BCUT2D eigenvalue weighted by atomic mass is 9.78. The lowest BCUT2D eigenvalue weighted by Crippen LogP contribution is -2.35. The molecule has 2 aliphatic carbocycles. The third-order valence-corrected chi connectivity index (χ3v) is 7.77. The van der Waals surface area contributed by atoms with E-state index in [1.807, 2.05) is 0 Å². The van der Waals surface area contributed by atoms with Gasteiger partial charge < -0.3 is 15.4 Å². The zero-order valence-electron chi connectivity index (χ0n) is 19.3. The van der Waals surface area contributed by atoms with Gasteiger partial charge in [0.2, 0.25) is 0 Å². The Morgan fingerprint density at radius 2 is 0.935 bits per heavy atom. The summed E-state index contributed by atoms with van der Waals surface area (Å²) in [5.74, 6) is 1.18. The third-order valence-electron chi connectivity index (χ3n) is 7.77. The van der Waals surface area contributed by atoms with E-state index in [0.29, 0.717) is 23.9 Å². The fraction of sp³-hybridized carbons (Fsp3) is 0.571. The molecule has 2 aromatic rings. The van der Waals surface area contributed by atoms with Crippen molar-refractivity contribution in [3.05, 3.63) is 71.8 Å². The number of hydrogen-bond acceptors (Lipinski definition) is 3. The topological polar surface area (TPSA) is 33.3 Å². The van der Waals surface area contributed by atoms with Gasteiger partial charge in [0, 0.05) is 12.1 Å². The fourth-order valence-corrected chi connectivity index (χ4v) is 5.79. The van der Waals surface area contributed by atoms with E-state index in [-0.39, 0.29) is 12.2 Å². The van der Waals surface area contributed by atoms with Crippen molar-refractivity contribution < 1.29 is 4.74 Å². The molecule has 2 N–H and O–H groups in total. The second-order valence-electron chi connectivity index (χ2n) is 9.60. The molecular weight excluding hydrogens is 380 g/mol. The Bertz CT molecular complexity index is 684. The van der Waals surface area contributed by atoms with Gasteiger partial charge in [0.15, 0.2) is 0 Å². The highest BCUT2D eigenvalue weighted by molar-refractivity contribution is 5.22. The van der Waals surface area contributed by atoms with Gasteiger partial charge in [-0.2, -0.15) is 0 Å². The van der Waals surface area contributed by atoms with E-state index >= 15 is 0 Å². The van der Waals surface area contributed by atoms with Crippen LogP contribution in [0.15, 0.2) is 60.7 Å². The lowest BCUT2D eigenvalue weighted by Gasteiger charge is -2.40. The fourth-order valence-electron chi connectivity index (χ4n) is 5.79. The van der Waals surface area contributed by atoms with Crippen molar-refractivity contribution in [3.8, 4) is 0 Å². The van der Waals surface area contributed by atoms with Crippen LogP contribution in [0.3, 0.4) is 0 Å². The molecule has 2 fully saturated rings. The Morgan fingerprint density at radius 3 is 1.26 bits per heavy atom. The van der Waals surface area contributed by atoms with Crippen molar-refractivity contribution in [2.75, 3.05) is 14.1 Å². The van der Waals surface area contributed by atoms with Crippen LogP contribution in [0.4, 0.5) is 0 Å². The predicted molar refractivity (Wildman–Crippen MR) is 129 cm³/mol. The molecule has 0 saturated heterocycles. The van der Waals surface area contributed by atoms with Gasteiger partial charge in [0.1, 0.15) is 0 Å². The Balaban J connectivity index is 1.58. The van der Waals surface area contributed by atoms with Crippen LogP contribution in [0.2, 0.25) is 0 Å². The molecule has 3 heteroatoms. The molecule has 2 unspecified atom stereocenters. The maximum Gasteiger partial charge on any atom is 0.0861 e. The van der Waals surface area contributed by atoms with E-state index in [0.717, 1.165) is 0 Å². The molecule has 0 heterocycles. The molecule has 4 rings (SSSR count). The minimum absolute atomic E-state index is 0.172. The summed E-state index contributed by atoms with van der Waals surface area (Å²) in [6, 6.07) is 23.3.